The van der Waals surface area contributed by atoms with E-state index in [1.54, 1.807) is 6.26 Å². The Morgan fingerprint density at radius 1 is 1.33 bits per heavy atom. The Morgan fingerprint density at radius 3 is 2.50 bits per heavy atom. The van der Waals surface area contributed by atoms with E-state index in [-0.39, 0.29) is 6.10 Å². The summed E-state index contributed by atoms with van der Waals surface area (Å²) in [6.07, 6.45) is 1.72. The number of aromatic nitrogens is 1. The Labute approximate surface area is 72.7 Å². The molecule has 3 nitrogen and oxygen atoms in total. The number of ether oxygens (including phenoxy) is 1. The molecular formula is C9H15NO2. The van der Waals surface area contributed by atoms with Crippen molar-refractivity contribution in [1.29, 1.82) is 0 Å². The van der Waals surface area contributed by atoms with Crippen molar-refractivity contribution in [2.24, 2.45) is 0 Å². The van der Waals surface area contributed by atoms with Crippen molar-refractivity contribution < 1.29 is 9.26 Å². The lowest BCUT2D eigenvalue weighted by Gasteiger charge is -2.09. The van der Waals surface area contributed by atoms with Gasteiger partial charge in [0.1, 0.15) is 5.69 Å². The van der Waals surface area contributed by atoms with Gasteiger partial charge in [0.15, 0.2) is 12.0 Å². The van der Waals surface area contributed by atoms with Crippen LogP contribution in [0.15, 0.2) is 10.8 Å². The number of nitrogens with zero attached hydrogens (tertiary/aromatic N) is 1. The van der Waals surface area contributed by atoms with Crippen LogP contribution in [0.5, 0.6) is 5.75 Å². The Kier molecular flexibility index (Phi) is 2.74. The van der Waals surface area contributed by atoms with Gasteiger partial charge < -0.3 is 9.26 Å². The quantitative estimate of drug-likeness (QED) is 0.697. The third-order valence-corrected chi connectivity index (χ3v) is 1.47. The van der Waals surface area contributed by atoms with E-state index in [1.807, 2.05) is 13.8 Å². The second kappa shape index (κ2) is 3.61. The SMILES string of the molecule is CC(C)Oc1conc1C(C)C. The molecule has 0 fully saturated rings. The van der Waals surface area contributed by atoms with Crippen LogP contribution < -0.4 is 4.74 Å². The molecule has 68 valence electrons. The molecule has 0 saturated carbocycles. The highest BCUT2D eigenvalue weighted by Gasteiger charge is 2.13. The van der Waals surface area contributed by atoms with Gasteiger partial charge in [-0.2, -0.15) is 0 Å². The Bertz CT molecular complexity index is 240. The smallest absolute Gasteiger partial charge is 0.182 e. The molecule has 0 unspecified atom stereocenters. The number of hydrogen-bond acceptors (Lipinski definition) is 3. The van der Waals surface area contributed by atoms with Gasteiger partial charge in [-0.3, -0.25) is 0 Å². The molecule has 12 heavy (non-hydrogen) atoms. The average Bonchev–Trinajstić information content (AvgIpc) is 2.33. The predicted octanol–water partition coefficient (Wildman–Crippen LogP) is 2.59. The molecule has 0 bridgehead atoms. The molecule has 0 atom stereocenters. The molecule has 1 aromatic heterocycles. The average molecular weight is 169 g/mol. The second-order valence-electron chi connectivity index (χ2n) is 3.39. The summed E-state index contributed by atoms with van der Waals surface area (Å²) in [6.45, 7) is 8.09. The first kappa shape index (κ1) is 9.10. The van der Waals surface area contributed by atoms with E-state index >= 15 is 0 Å². The van der Waals surface area contributed by atoms with Gasteiger partial charge in [-0.1, -0.05) is 19.0 Å². The van der Waals surface area contributed by atoms with E-state index in [2.05, 4.69) is 19.0 Å². The van der Waals surface area contributed by atoms with Gasteiger partial charge >= 0.3 is 0 Å². The summed E-state index contributed by atoms with van der Waals surface area (Å²) in [7, 11) is 0. The molecule has 0 spiro atoms. The van der Waals surface area contributed by atoms with Gasteiger partial charge in [0.05, 0.1) is 6.10 Å². The molecule has 0 aromatic carbocycles. The lowest BCUT2D eigenvalue weighted by molar-refractivity contribution is 0.237. The Balaban J connectivity index is 2.77. The fourth-order valence-electron chi connectivity index (χ4n) is 0.968. The van der Waals surface area contributed by atoms with Gasteiger partial charge in [0.2, 0.25) is 0 Å². The van der Waals surface area contributed by atoms with Gasteiger partial charge in [-0.05, 0) is 13.8 Å². The van der Waals surface area contributed by atoms with Crippen LogP contribution in [-0.2, 0) is 0 Å². The third-order valence-electron chi connectivity index (χ3n) is 1.47. The highest BCUT2D eigenvalue weighted by Crippen LogP contribution is 2.25. The molecule has 0 aliphatic rings. The summed E-state index contributed by atoms with van der Waals surface area (Å²) < 4.78 is 10.3. The first-order chi connectivity index (χ1) is 5.61. The van der Waals surface area contributed by atoms with E-state index in [4.69, 9.17) is 9.26 Å². The summed E-state index contributed by atoms with van der Waals surface area (Å²) in [5.74, 6) is 1.11. The Morgan fingerprint density at radius 2 is 2.00 bits per heavy atom. The van der Waals surface area contributed by atoms with E-state index in [1.165, 1.54) is 0 Å². The molecular weight excluding hydrogens is 154 g/mol. The molecule has 1 rings (SSSR count). The van der Waals surface area contributed by atoms with Crippen molar-refractivity contribution in [3.63, 3.8) is 0 Å². The predicted molar refractivity (Wildman–Crippen MR) is 46.4 cm³/mol. The van der Waals surface area contributed by atoms with Gasteiger partial charge in [0, 0.05) is 5.92 Å². The lowest BCUT2D eigenvalue weighted by atomic mass is 10.1. The standard InChI is InChI=1S/C9H15NO2/c1-6(2)9-8(5-11-10-9)12-7(3)4/h5-7H,1-4H3. The van der Waals surface area contributed by atoms with E-state index in [9.17, 15) is 0 Å². The zero-order valence-corrected chi connectivity index (χ0v) is 8.00. The molecule has 0 radical (unpaired) electrons. The zero-order chi connectivity index (χ0) is 9.14. The van der Waals surface area contributed by atoms with Crippen LogP contribution in [-0.4, -0.2) is 11.3 Å². The lowest BCUT2D eigenvalue weighted by Crippen LogP contribution is -2.06. The van der Waals surface area contributed by atoms with Gasteiger partial charge in [-0.15, -0.1) is 0 Å². The van der Waals surface area contributed by atoms with Crippen molar-refractivity contribution in [1.82, 2.24) is 5.16 Å². The molecule has 0 N–H and O–H groups in total. The molecule has 1 aromatic rings. The monoisotopic (exact) mass is 169 g/mol. The minimum absolute atomic E-state index is 0.168. The number of rotatable bonds is 3. The summed E-state index contributed by atoms with van der Waals surface area (Å²) >= 11 is 0. The largest absolute Gasteiger partial charge is 0.486 e. The molecule has 0 aliphatic heterocycles. The first-order valence-corrected chi connectivity index (χ1v) is 4.22. The summed E-state index contributed by atoms with van der Waals surface area (Å²) in [5, 5.41) is 3.87. The van der Waals surface area contributed by atoms with E-state index in [0.29, 0.717) is 5.92 Å². The molecule has 0 saturated heterocycles. The fourth-order valence-corrected chi connectivity index (χ4v) is 0.968. The fraction of sp³-hybridized carbons (Fsp3) is 0.667. The van der Waals surface area contributed by atoms with Crippen LogP contribution in [0.1, 0.15) is 39.3 Å². The summed E-state index contributed by atoms with van der Waals surface area (Å²) in [5.41, 5.74) is 0.892. The first-order valence-electron chi connectivity index (χ1n) is 4.22. The third kappa shape index (κ3) is 2.00. The van der Waals surface area contributed by atoms with Crippen molar-refractivity contribution in [3.8, 4) is 5.75 Å². The molecule has 0 amide bonds. The molecule has 3 heteroatoms. The van der Waals surface area contributed by atoms with Crippen molar-refractivity contribution in [2.45, 2.75) is 39.7 Å². The summed E-state index contributed by atoms with van der Waals surface area (Å²) in [6, 6.07) is 0. The Hall–Kier alpha value is -0.990. The van der Waals surface area contributed by atoms with E-state index < -0.39 is 0 Å². The van der Waals surface area contributed by atoms with Crippen LogP contribution in [0, 0.1) is 0 Å². The van der Waals surface area contributed by atoms with Crippen LogP contribution >= 0.6 is 0 Å². The maximum atomic E-state index is 5.49. The maximum Gasteiger partial charge on any atom is 0.182 e. The minimum Gasteiger partial charge on any atom is -0.486 e. The normalized spacial score (nSPS) is 11.2. The molecule has 1 heterocycles. The van der Waals surface area contributed by atoms with Crippen molar-refractivity contribution in [2.75, 3.05) is 0 Å². The van der Waals surface area contributed by atoms with E-state index in [0.717, 1.165) is 11.4 Å². The van der Waals surface area contributed by atoms with Crippen LogP contribution in [0.2, 0.25) is 0 Å². The zero-order valence-electron chi connectivity index (χ0n) is 8.00. The highest BCUT2D eigenvalue weighted by atomic mass is 16.5. The van der Waals surface area contributed by atoms with Crippen molar-refractivity contribution in [3.05, 3.63) is 12.0 Å². The van der Waals surface area contributed by atoms with Gasteiger partial charge in [-0.25, -0.2) is 0 Å². The van der Waals surface area contributed by atoms with Crippen LogP contribution in [0.25, 0.3) is 0 Å². The number of hydrogen-bond donors (Lipinski definition) is 0. The highest BCUT2D eigenvalue weighted by molar-refractivity contribution is 5.25. The minimum atomic E-state index is 0.168. The molecule has 0 aliphatic carbocycles. The second-order valence-corrected chi connectivity index (χ2v) is 3.39. The van der Waals surface area contributed by atoms with Gasteiger partial charge in [0.25, 0.3) is 0 Å². The topological polar surface area (TPSA) is 35.3 Å². The maximum absolute atomic E-state index is 5.49. The van der Waals surface area contributed by atoms with Crippen LogP contribution in [0.3, 0.4) is 0 Å². The summed E-state index contributed by atoms with van der Waals surface area (Å²) in [4.78, 5) is 0. The van der Waals surface area contributed by atoms with Crippen molar-refractivity contribution >= 4 is 0 Å². The van der Waals surface area contributed by atoms with Crippen LogP contribution in [0.4, 0.5) is 0 Å².